The second-order valence-electron chi connectivity index (χ2n) is 3.44. The van der Waals surface area contributed by atoms with E-state index in [1.807, 2.05) is 0 Å². The lowest BCUT2D eigenvalue weighted by Crippen LogP contribution is -2.08. The van der Waals surface area contributed by atoms with E-state index in [4.69, 9.17) is 5.11 Å². The molecule has 2 aromatic heterocycles. The van der Waals surface area contributed by atoms with Crippen molar-refractivity contribution in [3.8, 4) is 11.3 Å². The Morgan fingerprint density at radius 2 is 2.17 bits per heavy atom. The van der Waals surface area contributed by atoms with Gasteiger partial charge >= 0.3 is 12.1 Å². The lowest BCUT2D eigenvalue weighted by atomic mass is 10.1. The number of aromatic carboxylic acids is 1. The Bertz CT molecular complexity index is 600. The molecule has 18 heavy (non-hydrogen) atoms. The standard InChI is InChI=1S/C9H6F3N3O3/c1-15-3-4(7(13-15)9(10,11)12)5-2-6(8(16)17)18-14-5/h2-3H,1H3,(H,16,17). The molecule has 0 amide bonds. The summed E-state index contributed by atoms with van der Waals surface area (Å²) in [4.78, 5) is 10.6. The van der Waals surface area contributed by atoms with E-state index in [1.54, 1.807) is 0 Å². The van der Waals surface area contributed by atoms with Crippen LogP contribution in [0.15, 0.2) is 16.8 Å². The van der Waals surface area contributed by atoms with Gasteiger partial charge in [0, 0.05) is 19.3 Å². The molecule has 0 fully saturated rings. The predicted octanol–water partition coefficient (Wildman–Crippen LogP) is 1.79. The lowest BCUT2D eigenvalue weighted by molar-refractivity contribution is -0.141. The van der Waals surface area contributed by atoms with Crippen LogP contribution in [-0.4, -0.2) is 26.0 Å². The van der Waals surface area contributed by atoms with E-state index in [0.717, 1.165) is 16.9 Å². The largest absolute Gasteiger partial charge is 0.475 e. The van der Waals surface area contributed by atoms with Gasteiger partial charge in [0.25, 0.3) is 0 Å². The Morgan fingerprint density at radius 3 is 2.67 bits per heavy atom. The number of alkyl halides is 3. The summed E-state index contributed by atoms with van der Waals surface area (Å²) in [5.41, 5.74) is -1.70. The molecule has 2 heterocycles. The summed E-state index contributed by atoms with van der Waals surface area (Å²) in [5, 5.41) is 15.2. The number of nitrogens with zero attached hydrogens (tertiary/aromatic N) is 3. The molecule has 1 N–H and O–H groups in total. The molecule has 2 aromatic rings. The fraction of sp³-hybridized carbons (Fsp3) is 0.222. The minimum atomic E-state index is -4.65. The number of carboxylic acids is 1. The highest BCUT2D eigenvalue weighted by Crippen LogP contribution is 2.35. The van der Waals surface area contributed by atoms with E-state index in [-0.39, 0.29) is 11.3 Å². The van der Waals surface area contributed by atoms with E-state index >= 15 is 0 Å². The second kappa shape index (κ2) is 3.86. The zero-order valence-corrected chi connectivity index (χ0v) is 8.89. The number of carboxylic acid groups (broad SMARTS) is 1. The van der Waals surface area contributed by atoms with Crippen molar-refractivity contribution >= 4 is 5.97 Å². The van der Waals surface area contributed by atoms with Crippen molar-refractivity contribution in [1.29, 1.82) is 0 Å². The number of carbonyl (C=O) groups is 1. The van der Waals surface area contributed by atoms with Crippen LogP contribution in [0.2, 0.25) is 0 Å². The van der Waals surface area contributed by atoms with Crippen LogP contribution in [0.25, 0.3) is 11.3 Å². The first kappa shape index (κ1) is 12.1. The maximum Gasteiger partial charge on any atom is 0.435 e. The molecule has 0 unspecified atom stereocenters. The van der Waals surface area contributed by atoms with Crippen molar-refractivity contribution in [2.24, 2.45) is 7.05 Å². The van der Waals surface area contributed by atoms with Crippen molar-refractivity contribution < 1.29 is 27.6 Å². The Hall–Kier alpha value is -2.32. The lowest BCUT2D eigenvalue weighted by Gasteiger charge is -2.03. The van der Waals surface area contributed by atoms with Gasteiger partial charge in [0.15, 0.2) is 5.69 Å². The van der Waals surface area contributed by atoms with Crippen LogP contribution >= 0.6 is 0 Å². The van der Waals surface area contributed by atoms with Crippen molar-refractivity contribution in [2.75, 3.05) is 0 Å². The highest BCUT2D eigenvalue weighted by atomic mass is 19.4. The fourth-order valence-corrected chi connectivity index (χ4v) is 1.39. The minimum absolute atomic E-state index is 0.229. The Balaban J connectivity index is 2.53. The molecule has 0 saturated carbocycles. The number of hydrogen-bond donors (Lipinski definition) is 1. The second-order valence-corrected chi connectivity index (χ2v) is 3.44. The quantitative estimate of drug-likeness (QED) is 0.891. The molecule has 2 rings (SSSR count). The molecule has 0 aliphatic carbocycles. The maximum absolute atomic E-state index is 12.7. The van der Waals surface area contributed by atoms with Gasteiger partial charge in [0.2, 0.25) is 5.76 Å². The molecule has 9 heteroatoms. The summed E-state index contributed by atoms with van der Waals surface area (Å²) in [6.45, 7) is 0. The first-order valence-electron chi connectivity index (χ1n) is 4.60. The van der Waals surface area contributed by atoms with Crippen molar-refractivity contribution in [2.45, 2.75) is 6.18 Å². The van der Waals surface area contributed by atoms with E-state index in [0.29, 0.717) is 0 Å². The van der Waals surface area contributed by atoms with Crippen molar-refractivity contribution in [1.82, 2.24) is 14.9 Å². The maximum atomic E-state index is 12.7. The topological polar surface area (TPSA) is 81.2 Å². The molecule has 0 saturated heterocycles. The van der Waals surface area contributed by atoms with E-state index in [1.165, 1.54) is 7.05 Å². The third-order valence-corrected chi connectivity index (χ3v) is 2.09. The first-order chi connectivity index (χ1) is 8.29. The normalized spacial score (nSPS) is 11.8. The smallest absolute Gasteiger partial charge is 0.435 e. The first-order valence-corrected chi connectivity index (χ1v) is 4.60. The Kier molecular flexibility index (Phi) is 2.60. The van der Waals surface area contributed by atoms with Gasteiger partial charge in [-0.25, -0.2) is 4.79 Å². The number of hydrogen-bond acceptors (Lipinski definition) is 4. The van der Waals surface area contributed by atoms with Gasteiger partial charge in [-0.3, -0.25) is 4.68 Å². The average Bonchev–Trinajstić information content (AvgIpc) is 2.81. The van der Waals surface area contributed by atoms with Crippen LogP contribution in [0.4, 0.5) is 13.2 Å². The Labute approximate surface area is 97.6 Å². The van der Waals surface area contributed by atoms with Gasteiger partial charge in [-0.1, -0.05) is 5.16 Å². The zero-order chi connectivity index (χ0) is 13.5. The van der Waals surface area contributed by atoms with Crippen molar-refractivity contribution in [3.63, 3.8) is 0 Å². The van der Waals surface area contributed by atoms with Crippen LogP contribution < -0.4 is 0 Å². The van der Waals surface area contributed by atoms with Gasteiger partial charge in [-0.05, 0) is 0 Å². The zero-order valence-electron chi connectivity index (χ0n) is 8.89. The van der Waals surface area contributed by atoms with Gasteiger partial charge in [-0.2, -0.15) is 18.3 Å². The number of aryl methyl sites for hydroxylation is 1. The molecule has 0 bridgehead atoms. The molecule has 0 aliphatic rings. The van der Waals surface area contributed by atoms with E-state index in [2.05, 4.69) is 14.8 Å². The van der Waals surface area contributed by atoms with Gasteiger partial charge in [0.1, 0.15) is 5.69 Å². The fourth-order valence-electron chi connectivity index (χ4n) is 1.39. The number of aromatic nitrogens is 3. The van der Waals surface area contributed by atoms with E-state index in [9.17, 15) is 18.0 Å². The molecule has 96 valence electrons. The minimum Gasteiger partial charge on any atom is -0.475 e. The highest BCUT2D eigenvalue weighted by Gasteiger charge is 2.38. The van der Waals surface area contributed by atoms with Gasteiger partial charge < -0.3 is 9.63 Å². The molecule has 0 aromatic carbocycles. The van der Waals surface area contributed by atoms with Crippen LogP contribution in [-0.2, 0) is 13.2 Å². The van der Waals surface area contributed by atoms with E-state index < -0.39 is 23.6 Å². The van der Waals surface area contributed by atoms with Gasteiger partial charge in [0.05, 0.1) is 5.56 Å². The molecule has 0 spiro atoms. The highest BCUT2D eigenvalue weighted by molar-refractivity contribution is 5.85. The molecule has 0 atom stereocenters. The molecule has 0 aliphatic heterocycles. The third-order valence-electron chi connectivity index (χ3n) is 2.09. The van der Waals surface area contributed by atoms with Crippen molar-refractivity contribution in [3.05, 3.63) is 23.7 Å². The summed E-state index contributed by atoms with van der Waals surface area (Å²) in [7, 11) is 1.32. The summed E-state index contributed by atoms with van der Waals surface area (Å²) in [6.07, 6.45) is -3.56. The van der Waals surface area contributed by atoms with Crippen LogP contribution in [0.3, 0.4) is 0 Å². The predicted molar refractivity (Wildman–Crippen MR) is 50.7 cm³/mol. The molecular formula is C9H6F3N3O3. The van der Waals surface area contributed by atoms with Crippen LogP contribution in [0, 0.1) is 0 Å². The SMILES string of the molecule is Cn1cc(-c2cc(C(=O)O)on2)c(C(F)(F)F)n1. The summed E-state index contributed by atoms with van der Waals surface area (Å²) in [6, 6.07) is 0.911. The monoisotopic (exact) mass is 261 g/mol. The third kappa shape index (κ3) is 2.06. The van der Waals surface area contributed by atoms with Crippen LogP contribution in [0.1, 0.15) is 16.2 Å². The summed E-state index contributed by atoms with van der Waals surface area (Å²) < 4.78 is 43.4. The number of rotatable bonds is 2. The summed E-state index contributed by atoms with van der Waals surface area (Å²) in [5.74, 6) is -1.95. The molecule has 0 radical (unpaired) electrons. The Morgan fingerprint density at radius 1 is 1.50 bits per heavy atom. The average molecular weight is 261 g/mol. The molecular weight excluding hydrogens is 255 g/mol. The van der Waals surface area contributed by atoms with Crippen LogP contribution in [0.5, 0.6) is 0 Å². The van der Waals surface area contributed by atoms with Gasteiger partial charge in [-0.15, -0.1) is 0 Å². The summed E-state index contributed by atoms with van der Waals surface area (Å²) >= 11 is 0. The molecule has 6 nitrogen and oxygen atoms in total. The number of halogens is 3.